The lowest BCUT2D eigenvalue weighted by atomic mass is 9.77. The molecule has 2 bridgehead atoms. The zero-order chi connectivity index (χ0) is 21.2. The molecule has 3 aliphatic heterocycles. The minimum atomic E-state index is -0.648. The summed E-state index contributed by atoms with van der Waals surface area (Å²) in [5, 5.41) is 3.00. The van der Waals surface area contributed by atoms with Gasteiger partial charge in [0.15, 0.2) is 0 Å². The normalized spacial score (nSPS) is 32.2. The van der Waals surface area contributed by atoms with Gasteiger partial charge in [-0.15, -0.1) is 0 Å². The molecule has 4 atom stereocenters. The van der Waals surface area contributed by atoms with Crippen molar-refractivity contribution in [3.8, 4) is 0 Å². The van der Waals surface area contributed by atoms with E-state index in [0.717, 1.165) is 36.8 Å². The number of amides is 2. The minimum absolute atomic E-state index is 0.0743. The largest absolute Gasteiger partial charge is 0.360 e. The molecule has 1 aliphatic carbocycles. The predicted molar refractivity (Wildman–Crippen MR) is 113 cm³/mol. The first-order valence-electron chi connectivity index (χ1n) is 11.2. The average Bonchev–Trinajstić information content (AvgIpc) is 3.51. The monoisotopic (exact) mass is 422 g/mol. The second-order valence-corrected chi connectivity index (χ2v) is 9.33. The molecule has 2 amide bonds. The predicted octanol–water partition coefficient (Wildman–Crippen LogP) is 1.59. The van der Waals surface area contributed by atoms with Gasteiger partial charge in [0.05, 0.1) is 35.5 Å². The van der Waals surface area contributed by atoms with Gasteiger partial charge < -0.3 is 24.9 Å². The molecule has 1 spiro atoms. The number of carbonyl (C=O) groups excluding carboxylic acids is 2. The van der Waals surface area contributed by atoms with Crippen LogP contribution in [0.4, 0.5) is 0 Å². The van der Waals surface area contributed by atoms with Crippen LogP contribution in [0, 0.1) is 11.8 Å². The molecular weight excluding hydrogens is 396 g/mol. The first kappa shape index (κ1) is 18.9. The van der Waals surface area contributed by atoms with E-state index in [-0.39, 0.29) is 29.6 Å². The SMILES string of the molecule is O=C(NCc1ccc2[nH]c(=O)[nH]c2c1)C1C2C=CC3(CN(C4CCCCC4)C(=O)C13)O2. The molecule has 4 heterocycles. The molecule has 1 saturated carbocycles. The van der Waals surface area contributed by atoms with Gasteiger partial charge in [0.1, 0.15) is 5.60 Å². The van der Waals surface area contributed by atoms with Gasteiger partial charge in [-0.3, -0.25) is 9.59 Å². The van der Waals surface area contributed by atoms with Crippen molar-refractivity contribution in [1.29, 1.82) is 0 Å². The maximum Gasteiger partial charge on any atom is 0.323 e. The summed E-state index contributed by atoms with van der Waals surface area (Å²) in [7, 11) is 0. The van der Waals surface area contributed by atoms with Crippen molar-refractivity contribution in [2.24, 2.45) is 11.8 Å². The van der Waals surface area contributed by atoms with Gasteiger partial charge >= 0.3 is 5.69 Å². The molecule has 3 N–H and O–H groups in total. The number of aromatic nitrogens is 2. The Morgan fingerprint density at radius 1 is 1.16 bits per heavy atom. The lowest BCUT2D eigenvalue weighted by Gasteiger charge is -2.32. The van der Waals surface area contributed by atoms with E-state index < -0.39 is 17.4 Å². The van der Waals surface area contributed by atoms with Gasteiger partial charge in [0, 0.05) is 12.6 Å². The maximum absolute atomic E-state index is 13.4. The summed E-state index contributed by atoms with van der Waals surface area (Å²) >= 11 is 0. The molecule has 4 aliphatic rings. The molecular formula is C23H26N4O4. The van der Waals surface area contributed by atoms with Crippen molar-refractivity contribution in [2.75, 3.05) is 6.54 Å². The van der Waals surface area contributed by atoms with Crippen LogP contribution in [0.1, 0.15) is 37.7 Å². The van der Waals surface area contributed by atoms with Crippen LogP contribution in [-0.4, -0.2) is 51.0 Å². The van der Waals surface area contributed by atoms with Crippen LogP contribution in [0.25, 0.3) is 11.0 Å². The Balaban J connectivity index is 1.19. The van der Waals surface area contributed by atoms with Crippen molar-refractivity contribution >= 4 is 22.8 Å². The summed E-state index contributed by atoms with van der Waals surface area (Å²) in [6.07, 6.45) is 9.27. The van der Waals surface area contributed by atoms with Crippen LogP contribution in [0.2, 0.25) is 0 Å². The van der Waals surface area contributed by atoms with Crippen LogP contribution in [0.3, 0.4) is 0 Å². The number of ether oxygens (including phenoxy) is 1. The Bertz CT molecular complexity index is 1140. The molecule has 3 fully saturated rings. The lowest BCUT2D eigenvalue weighted by molar-refractivity contribution is -0.139. The highest BCUT2D eigenvalue weighted by molar-refractivity contribution is 5.93. The first-order valence-corrected chi connectivity index (χ1v) is 11.2. The molecule has 1 aromatic carbocycles. The van der Waals surface area contributed by atoms with Crippen molar-refractivity contribution in [3.05, 3.63) is 46.4 Å². The summed E-state index contributed by atoms with van der Waals surface area (Å²) in [5.74, 6) is -1.01. The highest BCUT2D eigenvalue weighted by Gasteiger charge is 2.67. The summed E-state index contributed by atoms with van der Waals surface area (Å²) in [6, 6.07) is 5.81. The van der Waals surface area contributed by atoms with E-state index in [0.29, 0.717) is 18.6 Å². The van der Waals surface area contributed by atoms with E-state index in [9.17, 15) is 14.4 Å². The summed E-state index contributed by atoms with van der Waals surface area (Å²) < 4.78 is 6.24. The Labute approximate surface area is 179 Å². The van der Waals surface area contributed by atoms with Gasteiger partial charge in [0.25, 0.3) is 0 Å². The Kier molecular flexibility index (Phi) is 4.15. The Morgan fingerprint density at radius 3 is 2.81 bits per heavy atom. The van der Waals surface area contributed by atoms with E-state index in [4.69, 9.17) is 4.74 Å². The average molecular weight is 422 g/mol. The zero-order valence-electron chi connectivity index (χ0n) is 17.2. The van der Waals surface area contributed by atoms with Crippen molar-refractivity contribution in [2.45, 2.75) is 56.4 Å². The van der Waals surface area contributed by atoms with Crippen molar-refractivity contribution < 1.29 is 14.3 Å². The van der Waals surface area contributed by atoms with Gasteiger partial charge in [-0.05, 0) is 30.5 Å². The number of hydrogen-bond acceptors (Lipinski definition) is 4. The Morgan fingerprint density at radius 2 is 1.97 bits per heavy atom. The molecule has 8 heteroatoms. The van der Waals surface area contributed by atoms with E-state index in [2.05, 4.69) is 15.3 Å². The molecule has 6 rings (SSSR count). The smallest absolute Gasteiger partial charge is 0.323 e. The van der Waals surface area contributed by atoms with Crippen molar-refractivity contribution in [1.82, 2.24) is 20.2 Å². The first-order chi connectivity index (χ1) is 15.0. The number of likely N-dealkylation sites (tertiary alicyclic amines) is 1. The van der Waals surface area contributed by atoms with Gasteiger partial charge in [0.2, 0.25) is 11.8 Å². The van der Waals surface area contributed by atoms with E-state index in [1.807, 2.05) is 35.3 Å². The fourth-order valence-corrected chi connectivity index (χ4v) is 6.03. The number of carbonyl (C=O) groups is 2. The van der Waals surface area contributed by atoms with Crippen LogP contribution in [-0.2, 0) is 20.9 Å². The number of aromatic amines is 2. The standard InChI is InChI=1S/C23H26N4O4/c28-20(24-11-13-6-7-15-16(10-13)26-22(30)25-15)18-17-8-9-23(31-17)12-27(21(29)19(18)23)14-4-2-1-3-5-14/h6-10,14,17-19H,1-5,11-12H2,(H,24,28)(H2,25,26,30). The number of benzene rings is 1. The van der Waals surface area contributed by atoms with Crippen LogP contribution in [0.5, 0.6) is 0 Å². The third kappa shape index (κ3) is 2.88. The lowest BCUT2D eigenvalue weighted by Crippen LogP contribution is -2.45. The van der Waals surface area contributed by atoms with Crippen LogP contribution in [0.15, 0.2) is 35.1 Å². The number of nitrogens with zero attached hydrogens (tertiary/aromatic N) is 1. The van der Waals surface area contributed by atoms with Gasteiger partial charge in [-0.1, -0.05) is 37.5 Å². The molecule has 2 saturated heterocycles. The van der Waals surface area contributed by atoms with Crippen LogP contribution < -0.4 is 11.0 Å². The maximum atomic E-state index is 13.4. The minimum Gasteiger partial charge on any atom is -0.360 e. The van der Waals surface area contributed by atoms with E-state index in [1.165, 1.54) is 6.42 Å². The van der Waals surface area contributed by atoms with Gasteiger partial charge in [-0.25, -0.2) is 4.79 Å². The fourth-order valence-electron chi connectivity index (χ4n) is 6.03. The number of H-pyrrole nitrogens is 2. The molecule has 4 unspecified atom stereocenters. The molecule has 8 nitrogen and oxygen atoms in total. The van der Waals surface area contributed by atoms with Crippen LogP contribution >= 0.6 is 0 Å². The highest BCUT2D eigenvalue weighted by atomic mass is 16.5. The van der Waals surface area contributed by atoms with Crippen molar-refractivity contribution in [3.63, 3.8) is 0 Å². The van der Waals surface area contributed by atoms with E-state index in [1.54, 1.807) is 0 Å². The third-order valence-corrected chi connectivity index (χ3v) is 7.49. The molecule has 2 aromatic rings. The summed E-state index contributed by atoms with van der Waals surface area (Å²) in [5.41, 5.74) is 1.41. The highest BCUT2D eigenvalue weighted by Crippen LogP contribution is 2.52. The number of nitrogens with one attached hydrogen (secondary N) is 3. The summed E-state index contributed by atoms with van der Waals surface area (Å²) in [4.78, 5) is 45.5. The number of fused-ring (bicyclic) bond motifs is 2. The van der Waals surface area contributed by atoms with E-state index >= 15 is 0 Å². The Hall–Kier alpha value is -2.87. The number of rotatable bonds is 4. The molecule has 162 valence electrons. The zero-order valence-corrected chi connectivity index (χ0v) is 17.2. The number of imidazole rings is 1. The quantitative estimate of drug-likeness (QED) is 0.651. The second-order valence-electron chi connectivity index (χ2n) is 9.33. The molecule has 31 heavy (non-hydrogen) atoms. The molecule has 1 aromatic heterocycles. The fraction of sp³-hybridized carbons (Fsp3) is 0.522. The second kappa shape index (κ2) is 6.82. The molecule has 0 radical (unpaired) electrons. The summed E-state index contributed by atoms with van der Waals surface area (Å²) in [6.45, 7) is 0.893. The third-order valence-electron chi connectivity index (χ3n) is 7.49. The topological polar surface area (TPSA) is 107 Å². The number of hydrogen-bond donors (Lipinski definition) is 3. The van der Waals surface area contributed by atoms with Gasteiger partial charge in [-0.2, -0.15) is 0 Å².